The van der Waals surface area contributed by atoms with E-state index in [1.165, 1.54) is 11.3 Å². The largest absolute Gasteiger partial charge is 0.477 e. The topological polar surface area (TPSA) is 57.5 Å². The normalized spacial score (nSPS) is 25.5. The highest BCUT2D eigenvalue weighted by Gasteiger charge is 2.40. The zero-order valence-electron chi connectivity index (χ0n) is 13.5. The average Bonchev–Trinajstić information content (AvgIpc) is 3.28. The first kappa shape index (κ1) is 18.5. The Morgan fingerprint density at radius 3 is 2.88 bits per heavy atom. The van der Waals surface area contributed by atoms with E-state index in [0.29, 0.717) is 11.3 Å². The van der Waals surface area contributed by atoms with Crippen molar-refractivity contribution >= 4 is 40.2 Å². The molecule has 2 aromatic rings. The molecule has 0 radical (unpaired) electrons. The maximum atomic E-state index is 10.9. The summed E-state index contributed by atoms with van der Waals surface area (Å²) in [6.07, 6.45) is 2.74. The molecule has 0 aromatic carbocycles. The molecule has 3 rings (SSSR count). The van der Waals surface area contributed by atoms with Crippen LogP contribution in [0.25, 0.3) is 0 Å². The first-order valence-electron chi connectivity index (χ1n) is 8.24. The molecule has 1 fully saturated rings. The van der Waals surface area contributed by atoms with Gasteiger partial charge in [-0.3, -0.25) is 0 Å². The van der Waals surface area contributed by atoms with Gasteiger partial charge in [0.2, 0.25) is 0 Å². The molecule has 1 aliphatic rings. The second-order valence-electron chi connectivity index (χ2n) is 6.22. The molecule has 0 amide bonds. The smallest absolute Gasteiger partial charge is 0.345 e. The molecule has 4 atom stereocenters. The van der Waals surface area contributed by atoms with Crippen molar-refractivity contribution in [3.05, 3.63) is 44.3 Å². The Morgan fingerprint density at radius 2 is 2.20 bits per heavy atom. The van der Waals surface area contributed by atoms with Crippen molar-refractivity contribution in [1.29, 1.82) is 0 Å². The SMILES string of the molecule is O=C(O)c1ccc(CCCC2[C@@H](C#Cc3cccs3)C(O)C[C@H]2Cl)s1. The minimum absolute atomic E-state index is 0.0597. The lowest BCUT2D eigenvalue weighted by Crippen LogP contribution is -2.19. The maximum Gasteiger partial charge on any atom is 0.345 e. The summed E-state index contributed by atoms with van der Waals surface area (Å²) in [4.78, 5) is 13.4. The number of rotatable bonds is 5. The summed E-state index contributed by atoms with van der Waals surface area (Å²) in [6, 6.07) is 7.47. The number of aromatic carboxylic acids is 1. The van der Waals surface area contributed by atoms with Crippen LogP contribution in [0.15, 0.2) is 29.6 Å². The quantitative estimate of drug-likeness (QED) is 0.580. The van der Waals surface area contributed by atoms with E-state index in [2.05, 4.69) is 11.8 Å². The number of hydrogen-bond acceptors (Lipinski definition) is 4. The summed E-state index contributed by atoms with van der Waals surface area (Å²) in [5.41, 5.74) is 0. The predicted octanol–water partition coefficient (Wildman–Crippen LogP) is 4.49. The van der Waals surface area contributed by atoms with Crippen LogP contribution in [-0.4, -0.2) is 27.7 Å². The van der Waals surface area contributed by atoms with E-state index in [9.17, 15) is 9.90 Å². The van der Waals surface area contributed by atoms with Crippen molar-refractivity contribution < 1.29 is 15.0 Å². The molecule has 1 aliphatic carbocycles. The fourth-order valence-corrected chi connectivity index (χ4v) is 5.20. The lowest BCUT2D eigenvalue weighted by molar-refractivity contribution is 0.0702. The third-order valence-electron chi connectivity index (χ3n) is 4.52. The van der Waals surface area contributed by atoms with Gasteiger partial charge < -0.3 is 10.2 Å². The second kappa shape index (κ2) is 8.37. The van der Waals surface area contributed by atoms with Gasteiger partial charge in [-0.15, -0.1) is 34.3 Å². The van der Waals surface area contributed by atoms with E-state index in [-0.39, 0.29) is 17.2 Å². The van der Waals surface area contributed by atoms with Gasteiger partial charge in [-0.2, -0.15) is 0 Å². The summed E-state index contributed by atoms with van der Waals surface area (Å²) in [7, 11) is 0. The van der Waals surface area contributed by atoms with E-state index in [1.54, 1.807) is 17.4 Å². The van der Waals surface area contributed by atoms with Gasteiger partial charge in [0.1, 0.15) is 4.88 Å². The number of thiophene rings is 2. The van der Waals surface area contributed by atoms with Crippen LogP contribution in [0.5, 0.6) is 0 Å². The van der Waals surface area contributed by atoms with Crippen molar-refractivity contribution in [2.24, 2.45) is 11.8 Å². The third kappa shape index (κ3) is 4.65. The molecule has 3 nitrogen and oxygen atoms in total. The standard InChI is InChI=1S/C19H19ClO3S2/c20-16-11-17(21)15(8-6-12-4-2-10-24-12)14(16)5-1-3-13-7-9-18(25-13)19(22)23/h2,4,7,9-10,14-17,21H,1,3,5,11H2,(H,22,23)/t14?,15-,16-,17?/m1/s1. The lowest BCUT2D eigenvalue weighted by atomic mass is 9.90. The van der Waals surface area contributed by atoms with E-state index in [0.717, 1.165) is 29.0 Å². The molecule has 1 saturated carbocycles. The summed E-state index contributed by atoms with van der Waals surface area (Å²) >= 11 is 9.38. The molecule has 6 heteroatoms. The van der Waals surface area contributed by atoms with Crippen LogP contribution in [0.1, 0.15) is 38.7 Å². The van der Waals surface area contributed by atoms with Crippen LogP contribution in [0, 0.1) is 23.7 Å². The van der Waals surface area contributed by atoms with Crippen LogP contribution >= 0.6 is 34.3 Å². The lowest BCUT2D eigenvalue weighted by Gasteiger charge is -2.18. The Kier molecular flexibility index (Phi) is 6.19. The zero-order valence-corrected chi connectivity index (χ0v) is 15.9. The van der Waals surface area contributed by atoms with Crippen LogP contribution < -0.4 is 0 Å². The molecule has 2 aromatic heterocycles. The van der Waals surface area contributed by atoms with E-state index < -0.39 is 12.1 Å². The molecular formula is C19H19ClO3S2. The molecule has 0 bridgehead atoms. The fraction of sp³-hybridized carbons (Fsp3) is 0.421. The molecule has 2 unspecified atom stereocenters. The van der Waals surface area contributed by atoms with Crippen LogP contribution in [0.2, 0.25) is 0 Å². The number of alkyl halides is 1. The van der Waals surface area contributed by atoms with Gasteiger partial charge in [0.05, 0.1) is 16.9 Å². The Bertz CT molecular complexity index is 772. The highest BCUT2D eigenvalue weighted by Crippen LogP contribution is 2.39. The van der Waals surface area contributed by atoms with Crippen LogP contribution in [-0.2, 0) is 6.42 Å². The summed E-state index contributed by atoms with van der Waals surface area (Å²) in [5, 5.41) is 21.2. The number of hydrogen-bond donors (Lipinski definition) is 2. The average molecular weight is 395 g/mol. The molecule has 132 valence electrons. The number of halogens is 1. The minimum atomic E-state index is -0.875. The minimum Gasteiger partial charge on any atom is -0.477 e. The molecular weight excluding hydrogens is 376 g/mol. The van der Waals surface area contributed by atoms with Gasteiger partial charge >= 0.3 is 5.97 Å². The van der Waals surface area contributed by atoms with Crippen molar-refractivity contribution in [2.75, 3.05) is 0 Å². The number of carboxylic acids is 1. The van der Waals surface area contributed by atoms with Gasteiger partial charge in [-0.25, -0.2) is 4.79 Å². The molecule has 0 aliphatic heterocycles. The van der Waals surface area contributed by atoms with E-state index >= 15 is 0 Å². The number of carboxylic acid groups (broad SMARTS) is 1. The summed E-state index contributed by atoms with van der Waals surface area (Å²) < 4.78 is 0. The van der Waals surface area contributed by atoms with Crippen molar-refractivity contribution in [2.45, 2.75) is 37.2 Å². The monoisotopic (exact) mass is 394 g/mol. The molecule has 2 heterocycles. The fourth-order valence-electron chi connectivity index (χ4n) is 3.27. The number of carbonyl (C=O) groups is 1. The van der Waals surface area contributed by atoms with Crippen LogP contribution in [0.3, 0.4) is 0 Å². The molecule has 2 N–H and O–H groups in total. The highest BCUT2D eigenvalue weighted by molar-refractivity contribution is 7.13. The van der Waals surface area contributed by atoms with E-state index in [1.807, 2.05) is 23.6 Å². The first-order chi connectivity index (χ1) is 12.0. The number of aliphatic hydroxyl groups excluding tert-OH is 1. The Labute approximate surface area is 160 Å². The molecule has 25 heavy (non-hydrogen) atoms. The Balaban J connectivity index is 1.59. The Morgan fingerprint density at radius 1 is 1.36 bits per heavy atom. The van der Waals surface area contributed by atoms with Crippen molar-refractivity contribution in [3.63, 3.8) is 0 Å². The van der Waals surface area contributed by atoms with E-state index in [4.69, 9.17) is 16.7 Å². The van der Waals surface area contributed by atoms with Crippen molar-refractivity contribution in [1.82, 2.24) is 0 Å². The zero-order chi connectivity index (χ0) is 17.8. The summed E-state index contributed by atoms with van der Waals surface area (Å²) in [6.45, 7) is 0. The van der Waals surface area contributed by atoms with Gasteiger partial charge in [-0.1, -0.05) is 17.9 Å². The van der Waals surface area contributed by atoms with Gasteiger partial charge in [0.15, 0.2) is 0 Å². The number of aryl methyl sites for hydroxylation is 1. The predicted molar refractivity (Wildman–Crippen MR) is 103 cm³/mol. The summed E-state index contributed by atoms with van der Waals surface area (Å²) in [5.74, 6) is 5.59. The molecule has 0 spiro atoms. The molecule has 0 saturated heterocycles. The second-order valence-corrected chi connectivity index (χ2v) is 8.90. The van der Waals surface area contributed by atoms with Gasteiger partial charge in [0, 0.05) is 10.3 Å². The maximum absolute atomic E-state index is 10.9. The van der Waals surface area contributed by atoms with Crippen LogP contribution in [0.4, 0.5) is 0 Å². The van der Waals surface area contributed by atoms with Gasteiger partial charge in [0.25, 0.3) is 0 Å². The number of aliphatic hydroxyl groups is 1. The first-order valence-corrected chi connectivity index (χ1v) is 10.4. The van der Waals surface area contributed by atoms with Crippen molar-refractivity contribution in [3.8, 4) is 11.8 Å². The van der Waals surface area contributed by atoms with Gasteiger partial charge in [-0.05, 0) is 55.2 Å². The Hall–Kier alpha value is -1.32. The third-order valence-corrected chi connectivity index (χ3v) is 6.94. The highest BCUT2D eigenvalue weighted by atomic mass is 35.5.